The van der Waals surface area contributed by atoms with Crippen LogP contribution in [0.25, 0.3) is 0 Å². The zero-order chi connectivity index (χ0) is 10.7. The van der Waals surface area contributed by atoms with Crippen LogP contribution in [-0.2, 0) is 0 Å². The summed E-state index contributed by atoms with van der Waals surface area (Å²) < 4.78 is 0.769. The van der Waals surface area contributed by atoms with Crippen LogP contribution in [0.5, 0.6) is 0 Å². The van der Waals surface area contributed by atoms with Gasteiger partial charge in [-0.05, 0) is 23.8 Å². The van der Waals surface area contributed by atoms with Crippen LogP contribution in [0.3, 0.4) is 0 Å². The van der Waals surface area contributed by atoms with Gasteiger partial charge in [-0.3, -0.25) is 0 Å². The van der Waals surface area contributed by atoms with Crippen LogP contribution < -0.4 is 0 Å². The molecule has 0 aromatic heterocycles. The number of benzene rings is 1. The first kappa shape index (κ1) is 12.3. The van der Waals surface area contributed by atoms with Crippen molar-refractivity contribution in [3.8, 4) is 0 Å². The average molecular weight is 298 g/mol. The average Bonchev–Trinajstić information content (AvgIpc) is 2.14. The van der Waals surface area contributed by atoms with E-state index in [-0.39, 0.29) is 5.75 Å². The molecule has 0 aliphatic rings. The topological polar surface area (TPSA) is 40.5 Å². The molecule has 2 nitrogen and oxygen atoms in total. The Morgan fingerprint density at radius 3 is 2.50 bits per heavy atom. The Morgan fingerprint density at radius 2 is 2.00 bits per heavy atom. The number of hydrogen-bond acceptors (Lipinski definition) is 3. The van der Waals surface area contributed by atoms with Gasteiger partial charge in [0.25, 0.3) is 0 Å². The van der Waals surface area contributed by atoms with E-state index in [1.54, 1.807) is 18.2 Å². The first-order chi connectivity index (χ1) is 6.54. The Labute approximate surface area is 101 Å². The molecule has 0 fully saturated rings. The molecule has 0 amide bonds. The Morgan fingerprint density at radius 1 is 1.36 bits per heavy atom. The molecule has 1 aromatic carbocycles. The summed E-state index contributed by atoms with van der Waals surface area (Å²) in [4.78, 5) is 0. The van der Waals surface area contributed by atoms with Gasteiger partial charge in [-0.15, -0.1) is 0 Å². The number of thiol groups is 1. The van der Waals surface area contributed by atoms with Gasteiger partial charge in [0.15, 0.2) is 0 Å². The first-order valence-electron chi connectivity index (χ1n) is 3.97. The second kappa shape index (κ2) is 5.37. The van der Waals surface area contributed by atoms with Crippen LogP contribution >= 0.6 is 40.2 Å². The molecule has 0 bridgehead atoms. The van der Waals surface area contributed by atoms with Crippen molar-refractivity contribution in [3.63, 3.8) is 0 Å². The number of aliphatic hydroxyl groups is 2. The van der Waals surface area contributed by atoms with Gasteiger partial charge in [0.05, 0.1) is 6.10 Å². The van der Waals surface area contributed by atoms with Crippen LogP contribution in [0.4, 0.5) is 0 Å². The van der Waals surface area contributed by atoms with E-state index in [1.165, 1.54) is 0 Å². The van der Waals surface area contributed by atoms with E-state index in [0.29, 0.717) is 10.6 Å². The van der Waals surface area contributed by atoms with E-state index in [4.69, 9.17) is 11.6 Å². The van der Waals surface area contributed by atoms with E-state index < -0.39 is 12.2 Å². The third-order valence-electron chi connectivity index (χ3n) is 1.78. The monoisotopic (exact) mass is 296 g/mol. The molecule has 0 aliphatic heterocycles. The minimum absolute atomic E-state index is 0.200. The Balaban J connectivity index is 2.94. The summed E-state index contributed by atoms with van der Waals surface area (Å²) in [6.07, 6.45) is -1.84. The quantitative estimate of drug-likeness (QED) is 0.750. The zero-order valence-corrected chi connectivity index (χ0v) is 10.4. The molecule has 0 saturated heterocycles. The summed E-state index contributed by atoms with van der Waals surface area (Å²) in [5.41, 5.74) is 0.575. The maximum Gasteiger partial charge on any atom is 0.106 e. The minimum atomic E-state index is -0.956. The molecule has 0 aliphatic carbocycles. The van der Waals surface area contributed by atoms with Crippen molar-refractivity contribution in [2.75, 3.05) is 5.75 Å². The van der Waals surface area contributed by atoms with E-state index in [0.717, 1.165) is 4.47 Å². The van der Waals surface area contributed by atoms with Gasteiger partial charge < -0.3 is 10.2 Å². The lowest BCUT2D eigenvalue weighted by molar-refractivity contribution is 0.0337. The molecule has 14 heavy (non-hydrogen) atoms. The molecule has 1 rings (SSSR count). The lowest BCUT2D eigenvalue weighted by Gasteiger charge is -2.16. The standard InChI is InChI=1S/C9H10BrClO2S/c10-6-1-5(2-7(11)3-6)9(13)8(12)4-14/h1-3,8-9,12-14H,4H2. The van der Waals surface area contributed by atoms with E-state index >= 15 is 0 Å². The fourth-order valence-electron chi connectivity index (χ4n) is 1.07. The van der Waals surface area contributed by atoms with Gasteiger partial charge in [0.1, 0.15) is 6.10 Å². The molecule has 78 valence electrons. The number of aliphatic hydroxyl groups excluding tert-OH is 2. The predicted octanol–water partition coefficient (Wildman–Crippen LogP) is 2.43. The zero-order valence-electron chi connectivity index (χ0n) is 7.19. The Kier molecular flexibility index (Phi) is 4.73. The van der Waals surface area contributed by atoms with Gasteiger partial charge in [-0.1, -0.05) is 27.5 Å². The third kappa shape index (κ3) is 3.14. The summed E-state index contributed by atoms with van der Waals surface area (Å²) in [5, 5.41) is 19.6. The van der Waals surface area contributed by atoms with Crippen molar-refractivity contribution in [2.45, 2.75) is 12.2 Å². The molecule has 2 N–H and O–H groups in total. The lowest BCUT2D eigenvalue weighted by Crippen LogP contribution is -2.19. The highest BCUT2D eigenvalue weighted by Crippen LogP contribution is 2.25. The molecule has 5 heteroatoms. The Bertz CT molecular complexity index is 301. The number of halogens is 2. The van der Waals surface area contributed by atoms with Crippen LogP contribution in [0.2, 0.25) is 5.02 Å². The van der Waals surface area contributed by atoms with Crippen LogP contribution in [0.1, 0.15) is 11.7 Å². The summed E-state index contributed by atoms with van der Waals surface area (Å²) in [7, 11) is 0. The molecule has 2 atom stereocenters. The molecule has 0 heterocycles. The minimum Gasteiger partial charge on any atom is -0.389 e. The first-order valence-corrected chi connectivity index (χ1v) is 5.78. The SMILES string of the molecule is OC(CS)C(O)c1cc(Cl)cc(Br)c1. The smallest absolute Gasteiger partial charge is 0.106 e. The Hall–Kier alpha value is 0.260. The summed E-state index contributed by atoms with van der Waals surface area (Å²) in [5.74, 6) is 0.200. The van der Waals surface area contributed by atoms with Gasteiger partial charge in [0.2, 0.25) is 0 Å². The fraction of sp³-hybridized carbons (Fsp3) is 0.333. The maximum absolute atomic E-state index is 9.66. The second-order valence-corrected chi connectivity index (χ2v) is 4.61. The second-order valence-electron chi connectivity index (χ2n) is 2.90. The molecule has 0 spiro atoms. The summed E-state index contributed by atoms with van der Waals surface area (Å²) in [6.45, 7) is 0. The van der Waals surface area contributed by atoms with Crippen LogP contribution in [0.15, 0.2) is 22.7 Å². The van der Waals surface area contributed by atoms with E-state index in [9.17, 15) is 10.2 Å². The molecular weight excluding hydrogens is 288 g/mol. The fourth-order valence-corrected chi connectivity index (χ4v) is 2.15. The molecule has 1 aromatic rings. The molecular formula is C9H10BrClO2S. The van der Waals surface area contributed by atoms with E-state index in [2.05, 4.69) is 28.6 Å². The summed E-state index contributed by atoms with van der Waals surface area (Å²) >= 11 is 13.0. The highest BCUT2D eigenvalue weighted by Gasteiger charge is 2.17. The highest BCUT2D eigenvalue weighted by atomic mass is 79.9. The van der Waals surface area contributed by atoms with Gasteiger partial charge in [-0.2, -0.15) is 12.6 Å². The highest BCUT2D eigenvalue weighted by molar-refractivity contribution is 9.10. The molecule has 0 radical (unpaired) electrons. The normalized spacial score (nSPS) is 15.2. The van der Waals surface area contributed by atoms with Crippen molar-refractivity contribution in [1.29, 1.82) is 0 Å². The van der Waals surface area contributed by atoms with Crippen molar-refractivity contribution in [3.05, 3.63) is 33.3 Å². The number of rotatable bonds is 3. The van der Waals surface area contributed by atoms with Crippen molar-refractivity contribution < 1.29 is 10.2 Å². The third-order valence-corrected chi connectivity index (χ3v) is 2.83. The molecule has 2 unspecified atom stereocenters. The van der Waals surface area contributed by atoms with E-state index in [1.807, 2.05) is 0 Å². The number of hydrogen-bond donors (Lipinski definition) is 3. The maximum atomic E-state index is 9.66. The van der Waals surface area contributed by atoms with Gasteiger partial charge in [-0.25, -0.2) is 0 Å². The van der Waals surface area contributed by atoms with Gasteiger partial charge >= 0.3 is 0 Å². The van der Waals surface area contributed by atoms with Crippen molar-refractivity contribution in [2.24, 2.45) is 0 Å². The van der Waals surface area contributed by atoms with Crippen molar-refractivity contribution >= 4 is 40.2 Å². The van der Waals surface area contributed by atoms with Crippen molar-refractivity contribution in [1.82, 2.24) is 0 Å². The van der Waals surface area contributed by atoms with Crippen LogP contribution in [-0.4, -0.2) is 22.1 Å². The lowest BCUT2D eigenvalue weighted by atomic mass is 10.1. The predicted molar refractivity (Wildman–Crippen MR) is 64.0 cm³/mol. The van der Waals surface area contributed by atoms with Gasteiger partial charge in [0, 0.05) is 15.2 Å². The largest absolute Gasteiger partial charge is 0.389 e. The molecule has 0 saturated carbocycles. The van der Waals surface area contributed by atoms with Crippen LogP contribution in [0, 0.1) is 0 Å². The summed E-state index contributed by atoms with van der Waals surface area (Å²) in [6, 6.07) is 5.04.